The molecule has 38 heavy (non-hydrogen) atoms. The van der Waals surface area contributed by atoms with Gasteiger partial charge in [0.15, 0.2) is 0 Å². The van der Waals surface area contributed by atoms with Gasteiger partial charge in [-0.05, 0) is 36.9 Å². The molecule has 0 aliphatic carbocycles. The zero-order valence-electron chi connectivity index (χ0n) is 21.0. The zero-order valence-corrected chi connectivity index (χ0v) is 24.2. The van der Waals surface area contributed by atoms with E-state index in [1.54, 1.807) is 11.3 Å². The molecule has 0 fully saturated rings. The molecule has 0 N–H and O–H groups in total. The summed E-state index contributed by atoms with van der Waals surface area (Å²) < 4.78 is 6.70. The summed E-state index contributed by atoms with van der Waals surface area (Å²) in [6, 6.07) is 29.7. The average Bonchev–Trinajstić information content (AvgIpc) is 3.68. The van der Waals surface area contributed by atoms with Crippen molar-refractivity contribution < 1.29 is 20.1 Å². The number of rotatable bonds is 2. The molecule has 0 saturated carbocycles. The van der Waals surface area contributed by atoms with Gasteiger partial charge in [-0.3, -0.25) is 4.98 Å². The SMILES string of the molecule is Cc1nc2c(c3cc(-c4ccc(-n5c6ccccc6c6ccccc65)s4)c[c-]c3c3ncc(C)n32)n1C.[Ir]. The standard InChI is InChI=1S/C31H22N5S.Ir/c1-18-17-32-30-23-13-12-20(16-24(23)29-31(35(18)30)33-19(2)34(29)3)27-14-15-28(37-27)36-25-10-6-4-8-21(25)22-9-5-7-11-26(22)36;/h4-12,14-17H,1-3H3;/q-1;. The van der Waals surface area contributed by atoms with Gasteiger partial charge in [0.25, 0.3) is 0 Å². The maximum Gasteiger partial charge on any atom is 0.147 e. The first-order valence-corrected chi connectivity index (χ1v) is 13.1. The minimum atomic E-state index is 0. The molecule has 0 saturated heterocycles. The van der Waals surface area contributed by atoms with Crippen molar-refractivity contribution in [1.82, 2.24) is 23.5 Å². The summed E-state index contributed by atoms with van der Waals surface area (Å²) in [4.78, 5) is 10.8. The number of aryl methyl sites for hydroxylation is 3. The Hall–Kier alpha value is -3.77. The van der Waals surface area contributed by atoms with Crippen LogP contribution in [0.3, 0.4) is 0 Å². The Kier molecular flexibility index (Phi) is 5.14. The number of para-hydroxylation sites is 2. The number of imidazole rings is 2. The van der Waals surface area contributed by atoms with Crippen LogP contribution in [0, 0.1) is 19.9 Å². The molecular formula is C31H22IrN5S-. The summed E-state index contributed by atoms with van der Waals surface area (Å²) >= 11 is 1.80. The Bertz CT molecular complexity index is 2140. The van der Waals surface area contributed by atoms with Gasteiger partial charge < -0.3 is 13.5 Å². The maximum absolute atomic E-state index is 4.89. The molecule has 0 bridgehead atoms. The normalized spacial score (nSPS) is 11.9. The van der Waals surface area contributed by atoms with Gasteiger partial charge in [0.2, 0.25) is 0 Å². The summed E-state index contributed by atoms with van der Waals surface area (Å²) in [7, 11) is 2.08. The Morgan fingerprint density at radius 3 is 2.29 bits per heavy atom. The average molecular weight is 689 g/mol. The predicted molar refractivity (Wildman–Crippen MR) is 153 cm³/mol. The molecule has 7 heteroatoms. The fourth-order valence-corrected chi connectivity index (χ4v) is 6.73. The van der Waals surface area contributed by atoms with E-state index in [2.05, 4.69) is 113 Å². The van der Waals surface area contributed by atoms with Crippen molar-refractivity contribution in [3.8, 4) is 15.4 Å². The fraction of sp³-hybridized carbons (Fsp3) is 0.0968. The van der Waals surface area contributed by atoms with Crippen LogP contribution < -0.4 is 0 Å². The molecule has 0 amide bonds. The molecule has 5 nitrogen and oxygen atoms in total. The minimum absolute atomic E-state index is 0. The molecule has 5 aromatic heterocycles. The number of hydrogen-bond donors (Lipinski definition) is 0. The molecule has 5 heterocycles. The number of aromatic nitrogens is 5. The van der Waals surface area contributed by atoms with E-state index in [9.17, 15) is 0 Å². The van der Waals surface area contributed by atoms with Gasteiger partial charge in [-0.25, -0.2) is 4.98 Å². The number of nitrogens with zero attached hydrogens (tertiary/aromatic N) is 5. The first kappa shape index (κ1) is 23.4. The Labute approximate surface area is 236 Å². The van der Waals surface area contributed by atoms with Crippen molar-refractivity contribution in [2.24, 2.45) is 7.05 Å². The summed E-state index contributed by atoms with van der Waals surface area (Å²) in [6.07, 6.45) is 1.91. The smallest absolute Gasteiger partial charge is 0.147 e. The zero-order chi connectivity index (χ0) is 24.8. The van der Waals surface area contributed by atoms with Crippen LogP contribution in [-0.2, 0) is 27.2 Å². The van der Waals surface area contributed by atoms with Gasteiger partial charge in [0, 0.05) is 55.3 Å². The van der Waals surface area contributed by atoms with Crippen LogP contribution in [0.25, 0.3) is 64.8 Å². The molecule has 0 atom stereocenters. The Balaban J connectivity index is 0.00000242. The van der Waals surface area contributed by atoms with E-state index in [1.165, 1.54) is 31.7 Å². The van der Waals surface area contributed by atoms with Crippen molar-refractivity contribution in [1.29, 1.82) is 0 Å². The van der Waals surface area contributed by atoms with Crippen LogP contribution >= 0.6 is 11.3 Å². The van der Waals surface area contributed by atoms with Crippen molar-refractivity contribution >= 4 is 60.7 Å². The number of benzene rings is 3. The second-order valence-electron chi connectivity index (χ2n) is 9.63. The van der Waals surface area contributed by atoms with Crippen LogP contribution in [0.2, 0.25) is 0 Å². The van der Waals surface area contributed by atoms with Gasteiger partial charge in [0.1, 0.15) is 11.5 Å². The first-order chi connectivity index (χ1) is 18.1. The van der Waals surface area contributed by atoms with Gasteiger partial charge in [-0.15, -0.1) is 29.5 Å². The van der Waals surface area contributed by atoms with Gasteiger partial charge in [-0.2, -0.15) is 0 Å². The van der Waals surface area contributed by atoms with Gasteiger partial charge in [0.05, 0.1) is 21.7 Å². The second kappa shape index (κ2) is 8.37. The summed E-state index contributed by atoms with van der Waals surface area (Å²) in [6.45, 7) is 4.13. The third-order valence-corrected chi connectivity index (χ3v) is 8.67. The van der Waals surface area contributed by atoms with Crippen molar-refractivity contribution in [3.63, 3.8) is 0 Å². The number of pyridine rings is 1. The molecule has 3 aromatic carbocycles. The summed E-state index contributed by atoms with van der Waals surface area (Å²) in [5.41, 5.74) is 7.64. The van der Waals surface area contributed by atoms with E-state index in [-0.39, 0.29) is 20.1 Å². The van der Waals surface area contributed by atoms with Crippen LogP contribution in [0.4, 0.5) is 0 Å². The molecule has 0 spiro atoms. The van der Waals surface area contributed by atoms with Gasteiger partial charge >= 0.3 is 0 Å². The van der Waals surface area contributed by atoms with Crippen molar-refractivity contribution in [2.45, 2.75) is 13.8 Å². The number of thiophene rings is 1. The predicted octanol–water partition coefficient (Wildman–Crippen LogP) is 7.61. The fourth-order valence-electron chi connectivity index (χ4n) is 5.70. The van der Waals surface area contributed by atoms with E-state index < -0.39 is 0 Å². The number of hydrogen-bond acceptors (Lipinski definition) is 3. The molecule has 8 aromatic rings. The third kappa shape index (κ3) is 3.07. The molecule has 0 unspecified atom stereocenters. The first-order valence-electron chi connectivity index (χ1n) is 12.3. The van der Waals surface area contributed by atoms with E-state index in [0.717, 1.165) is 44.7 Å². The summed E-state index contributed by atoms with van der Waals surface area (Å²) in [5, 5.41) is 5.90. The molecular weight excluding hydrogens is 667 g/mol. The van der Waals surface area contributed by atoms with Crippen molar-refractivity contribution in [3.05, 3.63) is 96.6 Å². The van der Waals surface area contributed by atoms with E-state index >= 15 is 0 Å². The molecule has 187 valence electrons. The Morgan fingerprint density at radius 2 is 1.55 bits per heavy atom. The number of fused-ring (bicyclic) bond motifs is 9. The third-order valence-electron chi connectivity index (χ3n) is 7.55. The molecule has 0 aliphatic heterocycles. The molecule has 1 radical (unpaired) electrons. The summed E-state index contributed by atoms with van der Waals surface area (Å²) in [5.74, 6) is 0.979. The van der Waals surface area contributed by atoms with Crippen LogP contribution in [0.5, 0.6) is 0 Å². The monoisotopic (exact) mass is 689 g/mol. The Morgan fingerprint density at radius 1 is 0.842 bits per heavy atom. The van der Waals surface area contributed by atoms with Gasteiger partial charge in [-0.1, -0.05) is 58.8 Å². The van der Waals surface area contributed by atoms with Crippen LogP contribution in [-0.4, -0.2) is 23.5 Å². The quantitative estimate of drug-likeness (QED) is 0.176. The van der Waals surface area contributed by atoms with E-state index in [1.807, 2.05) is 6.20 Å². The van der Waals surface area contributed by atoms with Crippen molar-refractivity contribution in [2.75, 3.05) is 0 Å². The second-order valence-corrected chi connectivity index (χ2v) is 10.7. The molecule has 0 aliphatic rings. The van der Waals surface area contributed by atoms with Crippen LogP contribution in [0.15, 0.2) is 79.0 Å². The minimum Gasteiger partial charge on any atom is -0.337 e. The maximum atomic E-state index is 4.89. The topological polar surface area (TPSA) is 40.1 Å². The molecule has 8 rings (SSSR count). The van der Waals surface area contributed by atoms with Crippen LogP contribution in [0.1, 0.15) is 11.5 Å². The van der Waals surface area contributed by atoms with E-state index in [4.69, 9.17) is 9.97 Å². The van der Waals surface area contributed by atoms with E-state index in [0.29, 0.717) is 0 Å². The largest absolute Gasteiger partial charge is 0.337 e.